The quantitative estimate of drug-likeness (QED) is 0.859. The second-order valence-electron chi connectivity index (χ2n) is 5.74. The number of methoxy groups -OCH3 is 2. The van der Waals surface area contributed by atoms with E-state index in [9.17, 15) is 8.42 Å². The van der Waals surface area contributed by atoms with Crippen LogP contribution in [-0.2, 0) is 16.3 Å². The number of rotatable bonds is 5. The van der Waals surface area contributed by atoms with Gasteiger partial charge in [-0.3, -0.25) is 5.41 Å². The van der Waals surface area contributed by atoms with Crippen LogP contribution in [0.1, 0.15) is 5.56 Å². The van der Waals surface area contributed by atoms with Crippen molar-refractivity contribution >= 4 is 26.8 Å². The Bertz CT molecular complexity index is 720. The van der Waals surface area contributed by atoms with Crippen LogP contribution in [0.5, 0.6) is 11.5 Å². The lowest BCUT2D eigenvalue weighted by Gasteiger charge is -2.23. The largest absolute Gasteiger partial charge is 0.493 e. The number of nitrogens with zero attached hydrogens (tertiary/aromatic N) is 1. The number of ether oxygens (including phenoxy) is 2. The molecule has 0 bridgehead atoms. The highest BCUT2D eigenvalue weighted by Gasteiger charge is 2.47. The van der Waals surface area contributed by atoms with E-state index >= 15 is 0 Å². The average Bonchev–Trinajstić information content (AvgIpc) is 2.95. The Morgan fingerprint density at radius 1 is 1.26 bits per heavy atom. The molecular weight excluding hydrogens is 336 g/mol. The van der Waals surface area contributed by atoms with Crippen LogP contribution in [0.2, 0.25) is 0 Å². The van der Waals surface area contributed by atoms with E-state index in [-0.39, 0.29) is 22.8 Å². The van der Waals surface area contributed by atoms with Gasteiger partial charge in [-0.15, -0.1) is 0 Å². The van der Waals surface area contributed by atoms with Gasteiger partial charge in [0.1, 0.15) is 0 Å². The minimum Gasteiger partial charge on any atom is -0.493 e. The van der Waals surface area contributed by atoms with Crippen molar-refractivity contribution in [3.63, 3.8) is 0 Å². The molecular formula is C15H20N2O4S2. The van der Waals surface area contributed by atoms with Crippen molar-refractivity contribution in [2.75, 3.05) is 32.3 Å². The molecule has 0 amide bonds. The summed E-state index contributed by atoms with van der Waals surface area (Å²) in [6.07, 6.45) is 0.729. The lowest BCUT2D eigenvalue weighted by atomic mass is 10.1. The molecule has 2 aliphatic heterocycles. The molecule has 6 nitrogen and oxygen atoms in total. The van der Waals surface area contributed by atoms with E-state index in [2.05, 4.69) is 0 Å². The highest BCUT2D eigenvalue weighted by Crippen LogP contribution is 2.37. The molecule has 1 N–H and O–H groups in total. The molecule has 0 aliphatic carbocycles. The van der Waals surface area contributed by atoms with Crippen LogP contribution in [-0.4, -0.2) is 62.0 Å². The van der Waals surface area contributed by atoms with E-state index in [1.165, 1.54) is 11.8 Å². The molecule has 8 heteroatoms. The second-order valence-corrected chi connectivity index (χ2v) is 9.12. The molecule has 2 atom stereocenters. The number of thioether (sulfide) groups is 1. The first-order valence-electron chi connectivity index (χ1n) is 7.36. The topological polar surface area (TPSA) is 79.7 Å². The van der Waals surface area contributed by atoms with Gasteiger partial charge in [0.2, 0.25) is 0 Å². The Balaban J connectivity index is 1.69. The van der Waals surface area contributed by atoms with Crippen LogP contribution >= 0.6 is 11.8 Å². The summed E-state index contributed by atoms with van der Waals surface area (Å²) in [6.45, 7) is 0.637. The van der Waals surface area contributed by atoms with E-state index in [0.29, 0.717) is 23.2 Å². The van der Waals surface area contributed by atoms with Crippen molar-refractivity contribution in [2.45, 2.75) is 17.7 Å². The molecule has 2 saturated heterocycles. The van der Waals surface area contributed by atoms with Crippen LogP contribution in [0.4, 0.5) is 0 Å². The third-order valence-electron chi connectivity index (χ3n) is 4.29. The molecule has 0 radical (unpaired) electrons. The number of nitrogens with one attached hydrogen (secondary N) is 1. The maximum atomic E-state index is 11.8. The van der Waals surface area contributed by atoms with Gasteiger partial charge in [-0.25, -0.2) is 8.42 Å². The van der Waals surface area contributed by atoms with Gasteiger partial charge in [-0.2, -0.15) is 0 Å². The zero-order chi connectivity index (χ0) is 16.6. The molecule has 0 aromatic heterocycles. The molecule has 23 heavy (non-hydrogen) atoms. The fraction of sp³-hybridized carbons (Fsp3) is 0.533. The highest BCUT2D eigenvalue weighted by atomic mass is 32.2. The fourth-order valence-electron chi connectivity index (χ4n) is 3.11. The molecule has 0 unspecified atom stereocenters. The van der Waals surface area contributed by atoms with Crippen molar-refractivity contribution in [3.05, 3.63) is 23.8 Å². The number of hydrogen-bond acceptors (Lipinski definition) is 6. The van der Waals surface area contributed by atoms with Crippen molar-refractivity contribution in [3.8, 4) is 11.5 Å². The van der Waals surface area contributed by atoms with Gasteiger partial charge in [-0.05, 0) is 24.1 Å². The van der Waals surface area contributed by atoms with Crippen LogP contribution in [0, 0.1) is 5.41 Å². The maximum Gasteiger partial charge on any atom is 0.160 e. The minimum atomic E-state index is -2.96. The molecule has 2 fully saturated rings. The molecule has 0 spiro atoms. The van der Waals surface area contributed by atoms with E-state index in [4.69, 9.17) is 14.9 Å². The third kappa shape index (κ3) is 3.28. The summed E-state index contributed by atoms with van der Waals surface area (Å²) in [5.41, 5.74) is 1.07. The van der Waals surface area contributed by atoms with Crippen LogP contribution < -0.4 is 9.47 Å². The summed E-state index contributed by atoms with van der Waals surface area (Å²) in [5.74, 6) is 1.72. The van der Waals surface area contributed by atoms with Gasteiger partial charge >= 0.3 is 0 Å². The summed E-state index contributed by atoms with van der Waals surface area (Å²) in [6, 6.07) is 5.70. The van der Waals surface area contributed by atoms with Crippen LogP contribution in [0.15, 0.2) is 18.2 Å². The van der Waals surface area contributed by atoms with Gasteiger partial charge in [0.05, 0.1) is 31.8 Å². The van der Waals surface area contributed by atoms with E-state index < -0.39 is 9.84 Å². The summed E-state index contributed by atoms with van der Waals surface area (Å²) >= 11 is 1.38. The van der Waals surface area contributed by atoms with Gasteiger partial charge < -0.3 is 14.4 Å². The monoisotopic (exact) mass is 356 g/mol. The maximum absolute atomic E-state index is 11.8. The Labute approximate surface area is 140 Å². The predicted octanol–water partition coefficient (Wildman–Crippen LogP) is 1.40. The summed E-state index contributed by atoms with van der Waals surface area (Å²) in [7, 11) is 0.238. The zero-order valence-electron chi connectivity index (χ0n) is 13.1. The summed E-state index contributed by atoms with van der Waals surface area (Å²) in [5, 5.41) is 8.58. The Hall–Kier alpha value is -1.41. The predicted molar refractivity (Wildman–Crippen MR) is 91.5 cm³/mol. The lowest BCUT2D eigenvalue weighted by molar-refractivity contribution is 0.351. The molecule has 3 rings (SSSR count). The number of amidine groups is 1. The Morgan fingerprint density at radius 2 is 2.00 bits per heavy atom. The average molecular weight is 356 g/mol. The molecule has 0 saturated carbocycles. The zero-order valence-corrected chi connectivity index (χ0v) is 14.7. The number of benzene rings is 1. The highest BCUT2D eigenvalue weighted by molar-refractivity contribution is 8.15. The molecule has 1 aromatic carbocycles. The Morgan fingerprint density at radius 3 is 2.70 bits per heavy atom. The molecule has 2 heterocycles. The van der Waals surface area contributed by atoms with Gasteiger partial charge in [0.15, 0.2) is 26.5 Å². The third-order valence-corrected chi connectivity index (χ3v) is 7.45. The van der Waals surface area contributed by atoms with E-state index in [0.717, 1.165) is 12.0 Å². The van der Waals surface area contributed by atoms with Crippen LogP contribution in [0.3, 0.4) is 0 Å². The van der Waals surface area contributed by atoms with Crippen molar-refractivity contribution in [1.82, 2.24) is 4.90 Å². The van der Waals surface area contributed by atoms with Gasteiger partial charge in [-0.1, -0.05) is 17.8 Å². The van der Waals surface area contributed by atoms with Crippen LogP contribution in [0.25, 0.3) is 0 Å². The van der Waals surface area contributed by atoms with Gasteiger partial charge in [0, 0.05) is 11.8 Å². The van der Waals surface area contributed by atoms with Crippen molar-refractivity contribution in [2.24, 2.45) is 0 Å². The number of hydrogen-bond donors (Lipinski definition) is 1. The normalized spacial score (nSPS) is 25.5. The standard InChI is InChI=1S/C15H20N2O4S2/c1-20-12-4-3-10(7-13(12)21-2)5-6-17-11-8-23(18,19)9-14(11)22-15(17)16/h3-4,7,11,14,16H,5-6,8-9H2,1-2H3/t11-,14+/m1/s1. The number of fused-ring (bicyclic) bond motifs is 1. The first-order chi connectivity index (χ1) is 10.9. The summed E-state index contributed by atoms with van der Waals surface area (Å²) in [4.78, 5) is 1.93. The summed E-state index contributed by atoms with van der Waals surface area (Å²) < 4.78 is 34.1. The fourth-order valence-corrected chi connectivity index (χ4v) is 6.97. The first-order valence-corrected chi connectivity index (χ1v) is 10.1. The minimum absolute atomic E-state index is 0.0119. The van der Waals surface area contributed by atoms with Crippen molar-refractivity contribution < 1.29 is 17.9 Å². The SMILES string of the molecule is COc1ccc(CCN2C(=N)S[C@H]3CS(=O)(=O)C[C@H]32)cc1OC. The van der Waals surface area contributed by atoms with Gasteiger partial charge in [0.25, 0.3) is 0 Å². The molecule has 126 valence electrons. The Kier molecular flexibility index (Phi) is 4.46. The van der Waals surface area contributed by atoms with E-state index in [1.54, 1.807) is 14.2 Å². The smallest absolute Gasteiger partial charge is 0.160 e. The lowest BCUT2D eigenvalue weighted by Crippen LogP contribution is -2.38. The molecule has 1 aromatic rings. The second kappa shape index (κ2) is 6.24. The number of sulfone groups is 1. The molecule has 2 aliphatic rings. The van der Waals surface area contributed by atoms with E-state index in [1.807, 2.05) is 23.1 Å². The first kappa shape index (κ1) is 16.4. The van der Waals surface area contributed by atoms with Crippen molar-refractivity contribution in [1.29, 1.82) is 5.41 Å².